The molecular weight excluding hydrogens is 918 g/mol. The zero-order chi connectivity index (χ0) is 52.7. The molecule has 0 aliphatic carbocycles. The molecule has 0 aliphatic heterocycles. The van der Waals surface area contributed by atoms with E-state index in [-0.39, 0.29) is 32.0 Å². The summed E-state index contributed by atoms with van der Waals surface area (Å²) in [6.45, 7) is 4.24. The Morgan fingerprint density at radius 1 is 0.444 bits per heavy atom. The van der Waals surface area contributed by atoms with Crippen molar-refractivity contribution in [1.82, 2.24) is 0 Å². The molecule has 0 aromatic heterocycles. The van der Waals surface area contributed by atoms with E-state index in [9.17, 15) is 19.0 Å². The summed E-state index contributed by atoms with van der Waals surface area (Å²) in [6.07, 6.45) is 73.1. The number of rotatable bonds is 51. The number of allylic oxidation sites excluding steroid dienone is 18. The Morgan fingerprint density at radius 3 is 1.22 bits per heavy atom. The Labute approximate surface area is 442 Å². The predicted octanol–water partition coefficient (Wildman–Crippen LogP) is 17.8. The summed E-state index contributed by atoms with van der Waals surface area (Å²) in [7, 11) is 1.43. The number of phosphoric ester groups is 1. The number of phosphoric acid groups is 1. The lowest BCUT2D eigenvalue weighted by Gasteiger charge is -2.24. The molecule has 0 fully saturated rings. The van der Waals surface area contributed by atoms with Crippen LogP contribution in [0.25, 0.3) is 0 Å². The average molecular weight is 1030 g/mol. The molecule has 0 aliphatic rings. The molecule has 1 N–H and O–H groups in total. The van der Waals surface area contributed by atoms with Crippen molar-refractivity contribution in [3.63, 3.8) is 0 Å². The third-order valence-corrected chi connectivity index (χ3v) is 12.8. The normalized spacial score (nSPS) is 14.1. The number of hydrogen-bond donors (Lipinski definition) is 1. The van der Waals surface area contributed by atoms with Gasteiger partial charge in [0.05, 0.1) is 27.7 Å². The second-order valence-electron chi connectivity index (χ2n) is 19.9. The third kappa shape index (κ3) is 56.0. The largest absolute Gasteiger partial charge is 0.472 e. The maximum Gasteiger partial charge on any atom is 0.472 e. The fraction of sp³-hybridized carbons (Fsp3) is 0.677. The maximum atomic E-state index is 12.8. The first-order chi connectivity index (χ1) is 35.0. The first-order valence-electron chi connectivity index (χ1n) is 28.6. The van der Waals surface area contributed by atoms with Crippen LogP contribution < -0.4 is 0 Å². The lowest BCUT2D eigenvalue weighted by Crippen LogP contribution is -2.37. The van der Waals surface area contributed by atoms with Gasteiger partial charge in [0.1, 0.15) is 19.8 Å². The van der Waals surface area contributed by atoms with Crippen LogP contribution in [0.3, 0.4) is 0 Å². The highest BCUT2D eigenvalue weighted by atomic mass is 31.2. The molecule has 0 aromatic carbocycles. The highest BCUT2D eigenvalue weighted by molar-refractivity contribution is 7.47. The number of ether oxygens (including phenoxy) is 2. The molecule has 0 bridgehead atoms. The molecule has 0 heterocycles. The highest BCUT2D eigenvalue weighted by Gasteiger charge is 2.27. The predicted molar refractivity (Wildman–Crippen MR) is 307 cm³/mol. The molecule has 0 saturated heterocycles. The summed E-state index contributed by atoms with van der Waals surface area (Å²) >= 11 is 0. The summed E-state index contributed by atoms with van der Waals surface area (Å²) in [6, 6.07) is 0. The van der Waals surface area contributed by atoms with E-state index in [1.165, 1.54) is 109 Å². The first-order valence-corrected chi connectivity index (χ1v) is 30.1. The van der Waals surface area contributed by atoms with Crippen molar-refractivity contribution in [2.24, 2.45) is 0 Å². The fourth-order valence-corrected chi connectivity index (χ4v) is 8.13. The standard InChI is InChI=1S/C62H106NO8P/c1-6-8-10-12-14-16-18-20-22-24-26-28-30-31-33-34-36-38-40-42-44-46-48-50-52-54-61(64)68-58-60(59-70-72(66,67)69-57-56-63(3,4)5)71-62(65)55-53-51-49-47-45-43-41-39-37-35-32-29-27-25-23-21-19-17-15-13-11-9-7-2/h9,11,15,17-18,20-21,23-24,26-27,29,35,37,41,43,47,49,60H,6-8,10,12-14,16,19,22,25,28,30-34,36,38-40,42,44-46,48,50-59H2,1-5H3/p+1/b11-9-,17-15-,20-18-,23-21-,26-24-,29-27-,37-35-,43-41-,49-47-. The summed E-state index contributed by atoms with van der Waals surface area (Å²) in [5, 5.41) is 0. The van der Waals surface area contributed by atoms with Gasteiger partial charge in [0.15, 0.2) is 6.10 Å². The first kappa shape index (κ1) is 68.7. The van der Waals surface area contributed by atoms with E-state index in [1.54, 1.807) is 0 Å². The van der Waals surface area contributed by atoms with Crippen LogP contribution in [0, 0.1) is 0 Å². The molecule has 0 radical (unpaired) electrons. The number of hydrogen-bond acceptors (Lipinski definition) is 7. The van der Waals surface area contributed by atoms with Crippen molar-refractivity contribution in [2.75, 3.05) is 47.5 Å². The minimum Gasteiger partial charge on any atom is -0.462 e. The number of nitrogens with zero attached hydrogens (tertiary/aromatic N) is 1. The topological polar surface area (TPSA) is 108 Å². The monoisotopic (exact) mass is 1020 g/mol. The fourth-order valence-electron chi connectivity index (χ4n) is 7.39. The van der Waals surface area contributed by atoms with Crippen molar-refractivity contribution >= 4 is 19.8 Å². The molecule has 0 saturated carbocycles. The summed E-state index contributed by atoms with van der Waals surface area (Å²) < 4.78 is 34.5. The molecule has 10 heteroatoms. The number of likely N-dealkylation sites (N-methyl/N-ethyl adjacent to an activating group) is 1. The highest BCUT2D eigenvalue weighted by Crippen LogP contribution is 2.43. The summed E-state index contributed by atoms with van der Waals surface area (Å²) in [4.78, 5) is 35.7. The number of carbonyl (C=O) groups is 2. The van der Waals surface area contributed by atoms with Crippen LogP contribution in [0.5, 0.6) is 0 Å². The number of carbonyl (C=O) groups excluding carboxylic acids is 2. The van der Waals surface area contributed by atoms with E-state index in [4.69, 9.17) is 18.5 Å². The van der Waals surface area contributed by atoms with Gasteiger partial charge in [-0.2, -0.15) is 0 Å². The number of quaternary nitrogens is 1. The van der Waals surface area contributed by atoms with Crippen LogP contribution in [0.15, 0.2) is 109 Å². The second-order valence-corrected chi connectivity index (χ2v) is 21.4. The van der Waals surface area contributed by atoms with Crippen molar-refractivity contribution in [3.8, 4) is 0 Å². The van der Waals surface area contributed by atoms with E-state index in [0.717, 1.165) is 70.6 Å². The molecule has 2 atom stereocenters. The Balaban J connectivity index is 4.29. The van der Waals surface area contributed by atoms with Gasteiger partial charge >= 0.3 is 19.8 Å². The Hall–Kier alpha value is -3.33. The number of esters is 2. The molecule has 0 rings (SSSR count). The van der Waals surface area contributed by atoms with Gasteiger partial charge in [-0.05, 0) is 96.3 Å². The molecule has 2 unspecified atom stereocenters. The van der Waals surface area contributed by atoms with E-state index in [2.05, 4.69) is 117 Å². The molecular formula is C62H107NO8P+. The smallest absolute Gasteiger partial charge is 0.462 e. The number of unbranched alkanes of at least 4 members (excludes halogenated alkanes) is 19. The van der Waals surface area contributed by atoms with Crippen LogP contribution in [0.2, 0.25) is 0 Å². The van der Waals surface area contributed by atoms with Crippen LogP contribution in [-0.4, -0.2) is 74.9 Å². The lowest BCUT2D eigenvalue weighted by molar-refractivity contribution is -0.870. The van der Waals surface area contributed by atoms with Crippen molar-refractivity contribution < 1.29 is 42.1 Å². The summed E-state index contributed by atoms with van der Waals surface area (Å²) in [5.74, 6) is -0.873. The van der Waals surface area contributed by atoms with Crippen LogP contribution in [0.4, 0.5) is 0 Å². The van der Waals surface area contributed by atoms with E-state index >= 15 is 0 Å². The Morgan fingerprint density at radius 2 is 0.806 bits per heavy atom. The van der Waals surface area contributed by atoms with E-state index in [1.807, 2.05) is 27.2 Å². The van der Waals surface area contributed by atoms with Gasteiger partial charge in [-0.3, -0.25) is 18.6 Å². The van der Waals surface area contributed by atoms with Crippen LogP contribution in [-0.2, 0) is 32.7 Å². The van der Waals surface area contributed by atoms with Gasteiger partial charge in [0.25, 0.3) is 0 Å². The minimum atomic E-state index is -4.41. The van der Waals surface area contributed by atoms with E-state index < -0.39 is 26.5 Å². The average Bonchev–Trinajstić information content (AvgIpc) is 3.34. The molecule has 412 valence electrons. The van der Waals surface area contributed by atoms with Crippen molar-refractivity contribution in [3.05, 3.63) is 109 Å². The Bertz CT molecular complexity index is 1580. The van der Waals surface area contributed by atoms with E-state index in [0.29, 0.717) is 23.9 Å². The Kier molecular flexibility index (Phi) is 50.1. The molecule has 0 amide bonds. The zero-order valence-electron chi connectivity index (χ0n) is 46.6. The quantitative estimate of drug-likeness (QED) is 0.0211. The summed E-state index contributed by atoms with van der Waals surface area (Å²) in [5.41, 5.74) is 0. The van der Waals surface area contributed by atoms with Crippen molar-refractivity contribution in [2.45, 2.75) is 225 Å². The molecule has 9 nitrogen and oxygen atoms in total. The van der Waals surface area contributed by atoms with Gasteiger partial charge in [0, 0.05) is 12.8 Å². The third-order valence-electron chi connectivity index (χ3n) is 11.8. The molecule has 0 spiro atoms. The van der Waals surface area contributed by atoms with Crippen LogP contribution in [0.1, 0.15) is 219 Å². The lowest BCUT2D eigenvalue weighted by atomic mass is 10.0. The van der Waals surface area contributed by atoms with Gasteiger partial charge in [-0.25, -0.2) is 4.57 Å². The minimum absolute atomic E-state index is 0.0150. The van der Waals surface area contributed by atoms with Gasteiger partial charge in [-0.1, -0.05) is 220 Å². The van der Waals surface area contributed by atoms with Gasteiger partial charge in [-0.15, -0.1) is 0 Å². The van der Waals surface area contributed by atoms with Crippen LogP contribution >= 0.6 is 7.82 Å². The molecule has 0 aromatic rings. The maximum absolute atomic E-state index is 12.8. The van der Waals surface area contributed by atoms with Crippen molar-refractivity contribution in [1.29, 1.82) is 0 Å². The zero-order valence-corrected chi connectivity index (χ0v) is 47.5. The molecule has 72 heavy (non-hydrogen) atoms. The van der Waals surface area contributed by atoms with Gasteiger partial charge < -0.3 is 18.9 Å². The van der Waals surface area contributed by atoms with Gasteiger partial charge in [0.2, 0.25) is 0 Å². The second kappa shape index (κ2) is 52.5. The SMILES string of the molecule is CC/C=C\C/C=C\C/C=C\C/C=C\C/C=C\C/C=C\C/C=C\CCCC(=O)OC(COC(=O)CCCCCCCCCCCCCCC/C=C\C/C=C\CCCCCCC)COP(=O)(O)OCC[N+](C)(C)C.